The van der Waals surface area contributed by atoms with Crippen LogP contribution in [0.3, 0.4) is 0 Å². The first-order valence-electron chi connectivity index (χ1n) is 11.7. The van der Waals surface area contributed by atoms with E-state index in [2.05, 4.69) is 63.6 Å². The molecule has 1 amide bonds. The van der Waals surface area contributed by atoms with Gasteiger partial charge >= 0.3 is 0 Å². The van der Waals surface area contributed by atoms with Crippen LogP contribution < -0.4 is 5.32 Å². The molecule has 30 heavy (non-hydrogen) atoms. The zero-order valence-electron chi connectivity index (χ0n) is 17.9. The van der Waals surface area contributed by atoms with E-state index < -0.39 is 0 Å². The zero-order chi connectivity index (χ0) is 20.4. The summed E-state index contributed by atoms with van der Waals surface area (Å²) in [6.07, 6.45) is 6.58. The number of carbonyl (C=O) groups excluding carboxylic acids is 1. The van der Waals surface area contributed by atoms with E-state index in [4.69, 9.17) is 0 Å². The molecule has 1 atom stereocenters. The van der Waals surface area contributed by atoms with E-state index in [1.54, 1.807) is 0 Å². The van der Waals surface area contributed by atoms with E-state index in [0.717, 1.165) is 77.1 Å². The van der Waals surface area contributed by atoms with Gasteiger partial charge in [-0.05, 0) is 61.4 Å². The van der Waals surface area contributed by atoms with Gasteiger partial charge in [-0.2, -0.15) is 0 Å². The summed E-state index contributed by atoms with van der Waals surface area (Å²) in [5.74, 6) is 0.249. The molecule has 0 radical (unpaired) electrons. The third kappa shape index (κ3) is 3.79. The molecule has 0 spiro atoms. The van der Waals surface area contributed by atoms with Crippen LogP contribution in [-0.2, 0) is 23.2 Å². The molecular formula is C26H33N3O. The second kappa shape index (κ2) is 8.52. The van der Waals surface area contributed by atoms with Gasteiger partial charge in [-0.25, -0.2) is 0 Å². The van der Waals surface area contributed by atoms with E-state index >= 15 is 0 Å². The van der Waals surface area contributed by atoms with Crippen molar-refractivity contribution >= 4 is 11.6 Å². The molecule has 1 aliphatic carbocycles. The zero-order valence-corrected chi connectivity index (χ0v) is 17.9. The number of aryl methyl sites for hydroxylation is 1. The number of unbranched alkanes of at least 4 members (excludes halogenated alkanes) is 1. The van der Waals surface area contributed by atoms with Crippen LogP contribution in [0.2, 0.25) is 0 Å². The second-order valence-corrected chi connectivity index (χ2v) is 9.29. The quantitative estimate of drug-likeness (QED) is 0.704. The van der Waals surface area contributed by atoms with Crippen LogP contribution >= 0.6 is 0 Å². The van der Waals surface area contributed by atoms with Gasteiger partial charge in [-0.15, -0.1) is 0 Å². The molecule has 1 unspecified atom stereocenters. The van der Waals surface area contributed by atoms with Gasteiger partial charge in [-0.3, -0.25) is 9.69 Å². The van der Waals surface area contributed by atoms with Crippen molar-refractivity contribution in [1.82, 2.24) is 9.80 Å². The molecule has 2 aliphatic heterocycles. The number of hydrogen-bond donors (Lipinski definition) is 1. The Morgan fingerprint density at radius 1 is 0.900 bits per heavy atom. The van der Waals surface area contributed by atoms with Crippen LogP contribution in [0.15, 0.2) is 48.5 Å². The highest BCUT2D eigenvalue weighted by Gasteiger charge is 2.48. The van der Waals surface area contributed by atoms with Crippen molar-refractivity contribution in [1.29, 1.82) is 0 Å². The summed E-state index contributed by atoms with van der Waals surface area (Å²) in [5, 5.41) is 3.18. The van der Waals surface area contributed by atoms with Gasteiger partial charge in [0.15, 0.2) is 0 Å². The van der Waals surface area contributed by atoms with Gasteiger partial charge in [0.25, 0.3) is 0 Å². The third-order valence-electron chi connectivity index (χ3n) is 7.40. The number of anilines is 1. The van der Waals surface area contributed by atoms with Crippen molar-refractivity contribution in [3.05, 3.63) is 65.2 Å². The molecule has 0 saturated carbocycles. The van der Waals surface area contributed by atoms with E-state index in [1.165, 1.54) is 23.1 Å². The molecule has 3 aliphatic rings. The predicted octanol–water partition coefficient (Wildman–Crippen LogP) is 4.20. The van der Waals surface area contributed by atoms with Crippen molar-refractivity contribution in [2.24, 2.45) is 0 Å². The smallest absolute Gasteiger partial charge is 0.235 e. The minimum absolute atomic E-state index is 0.249. The lowest BCUT2D eigenvalue weighted by Crippen LogP contribution is -2.46. The summed E-state index contributed by atoms with van der Waals surface area (Å²) >= 11 is 0. The van der Waals surface area contributed by atoms with Gasteiger partial charge in [0.1, 0.15) is 0 Å². The summed E-state index contributed by atoms with van der Waals surface area (Å²) in [6.45, 7) is 6.84. The van der Waals surface area contributed by atoms with Crippen molar-refractivity contribution in [2.45, 2.75) is 50.5 Å². The molecule has 4 nitrogen and oxygen atoms in total. The summed E-state index contributed by atoms with van der Waals surface area (Å²) in [5.41, 5.74) is 4.96. The molecule has 2 aromatic rings. The molecular weight excluding hydrogens is 370 g/mol. The van der Waals surface area contributed by atoms with Gasteiger partial charge < -0.3 is 10.2 Å². The second-order valence-electron chi connectivity index (χ2n) is 9.29. The standard InChI is InChI=1S/C26H33N3O/c30-25-26(14-7-11-22-10-6-12-23(27-25)24(22)26)13-4-5-15-28-16-18-29(19-17-28)20-21-8-2-1-3-9-21/h1-3,6,8-10,12H,4-5,7,11,13-20H2,(H,27,30). The van der Waals surface area contributed by atoms with E-state index in [9.17, 15) is 4.79 Å². The maximum Gasteiger partial charge on any atom is 0.235 e. The van der Waals surface area contributed by atoms with E-state index in [-0.39, 0.29) is 11.3 Å². The molecule has 0 bridgehead atoms. The summed E-state index contributed by atoms with van der Waals surface area (Å²) in [4.78, 5) is 18.1. The summed E-state index contributed by atoms with van der Waals surface area (Å²) < 4.78 is 0. The number of nitrogens with zero attached hydrogens (tertiary/aromatic N) is 2. The van der Waals surface area contributed by atoms with Crippen molar-refractivity contribution in [3.63, 3.8) is 0 Å². The number of carbonyl (C=O) groups is 1. The Morgan fingerprint density at radius 2 is 1.70 bits per heavy atom. The lowest BCUT2D eigenvalue weighted by molar-refractivity contribution is -0.121. The summed E-state index contributed by atoms with van der Waals surface area (Å²) in [6, 6.07) is 17.2. The average Bonchev–Trinajstić information content (AvgIpc) is 3.07. The number of amides is 1. The van der Waals surface area contributed by atoms with Crippen LogP contribution in [0.5, 0.6) is 0 Å². The molecule has 1 fully saturated rings. The molecule has 2 aromatic carbocycles. The Bertz CT molecular complexity index is 888. The van der Waals surface area contributed by atoms with Crippen LogP contribution in [-0.4, -0.2) is 48.4 Å². The minimum Gasteiger partial charge on any atom is -0.325 e. The molecule has 1 saturated heterocycles. The maximum atomic E-state index is 12.9. The van der Waals surface area contributed by atoms with Gasteiger partial charge in [0.05, 0.1) is 5.41 Å². The topological polar surface area (TPSA) is 35.6 Å². The van der Waals surface area contributed by atoms with Crippen LogP contribution in [0.4, 0.5) is 5.69 Å². The summed E-state index contributed by atoms with van der Waals surface area (Å²) in [7, 11) is 0. The molecule has 4 heteroatoms. The largest absolute Gasteiger partial charge is 0.325 e. The van der Waals surface area contributed by atoms with E-state index in [1.807, 2.05) is 0 Å². The highest BCUT2D eigenvalue weighted by molar-refractivity contribution is 6.07. The van der Waals surface area contributed by atoms with Crippen LogP contribution in [0.1, 0.15) is 48.8 Å². The fourth-order valence-electron chi connectivity index (χ4n) is 5.79. The van der Waals surface area contributed by atoms with Crippen LogP contribution in [0, 0.1) is 0 Å². The molecule has 158 valence electrons. The van der Waals surface area contributed by atoms with Crippen molar-refractivity contribution in [2.75, 3.05) is 38.0 Å². The number of nitrogens with one attached hydrogen (secondary N) is 1. The Labute approximate surface area is 180 Å². The Hall–Kier alpha value is -2.17. The molecule has 5 rings (SSSR count). The average molecular weight is 404 g/mol. The third-order valence-corrected chi connectivity index (χ3v) is 7.40. The highest BCUT2D eigenvalue weighted by atomic mass is 16.2. The number of piperazine rings is 1. The molecule has 0 aromatic heterocycles. The minimum atomic E-state index is -0.251. The molecule has 2 heterocycles. The van der Waals surface area contributed by atoms with Crippen molar-refractivity contribution < 1.29 is 4.79 Å². The lowest BCUT2D eigenvalue weighted by atomic mass is 9.68. The fraction of sp³-hybridized carbons (Fsp3) is 0.500. The number of benzene rings is 2. The fourth-order valence-corrected chi connectivity index (χ4v) is 5.79. The molecule has 1 N–H and O–H groups in total. The predicted molar refractivity (Wildman–Crippen MR) is 122 cm³/mol. The Kier molecular flexibility index (Phi) is 5.62. The SMILES string of the molecule is O=C1Nc2cccc3c2C1(CCCCN1CCN(Cc2ccccc2)CC1)CCC3. The highest BCUT2D eigenvalue weighted by Crippen LogP contribution is 2.49. The van der Waals surface area contributed by atoms with Gasteiger partial charge in [0.2, 0.25) is 5.91 Å². The Morgan fingerprint density at radius 3 is 2.53 bits per heavy atom. The van der Waals surface area contributed by atoms with Crippen molar-refractivity contribution in [3.8, 4) is 0 Å². The Balaban J connectivity index is 1.10. The lowest BCUT2D eigenvalue weighted by Gasteiger charge is -2.35. The normalized spacial score (nSPS) is 23.9. The maximum absolute atomic E-state index is 12.9. The first kappa shape index (κ1) is 19.8. The van der Waals surface area contributed by atoms with Gasteiger partial charge in [-0.1, -0.05) is 48.9 Å². The van der Waals surface area contributed by atoms with Gasteiger partial charge in [0, 0.05) is 38.4 Å². The number of rotatable bonds is 7. The van der Waals surface area contributed by atoms with E-state index in [0.29, 0.717) is 0 Å². The van der Waals surface area contributed by atoms with Crippen LogP contribution in [0.25, 0.3) is 0 Å². The first-order chi connectivity index (χ1) is 14.7. The monoisotopic (exact) mass is 403 g/mol. The number of hydrogen-bond acceptors (Lipinski definition) is 3. The first-order valence-corrected chi connectivity index (χ1v) is 11.7.